The second-order valence-corrected chi connectivity index (χ2v) is 8.76. The molecule has 0 spiro atoms. The van der Waals surface area contributed by atoms with Gasteiger partial charge in [-0.15, -0.1) is 0 Å². The average molecular weight is 514 g/mol. The molecule has 4 aromatic rings. The number of phenolic OH excluding ortho intramolecular Hbond substituents is 1. The fourth-order valence-corrected chi connectivity index (χ4v) is 5.04. The molecule has 1 aliphatic rings. The van der Waals surface area contributed by atoms with Gasteiger partial charge >= 0.3 is 0 Å². The molecule has 2 N–H and O–H groups in total. The minimum absolute atomic E-state index is 0.0902. The number of phenols is 1. The molecule has 0 bridgehead atoms. The van der Waals surface area contributed by atoms with Crippen LogP contribution in [0.15, 0.2) is 42.5 Å². The molecule has 162 valence electrons. The van der Waals surface area contributed by atoms with Gasteiger partial charge in [-0.1, -0.05) is 33.6 Å². The largest absolute Gasteiger partial charge is 0.508 e. The second-order valence-electron chi connectivity index (χ2n) is 7.56. The normalized spacial score (nSPS) is 13.1. The number of halogens is 2. The van der Waals surface area contributed by atoms with Gasteiger partial charge in [0.05, 0.1) is 28.8 Å². The maximum Gasteiger partial charge on any atom is 0.259 e. The van der Waals surface area contributed by atoms with Crippen LogP contribution in [0.2, 0.25) is 5.02 Å². The van der Waals surface area contributed by atoms with E-state index in [0.29, 0.717) is 39.2 Å². The Balaban J connectivity index is 1.99. The Kier molecular flexibility index (Phi) is 5.10. The Bertz CT molecular complexity index is 1440. The Labute approximate surface area is 196 Å². The van der Waals surface area contributed by atoms with Gasteiger partial charge in [-0.3, -0.25) is 14.9 Å². The first-order valence-corrected chi connectivity index (χ1v) is 11.5. The van der Waals surface area contributed by atoms with Crippen molar-refractivity contribution in [2.75, 3.05) is 12.4 Å². The Morgan fingerprint density at radius 2 is 1.84 bits per heavy atom. The molecule has 0 radical (unpaired) electrons. The first-order chi connectivity index (χ1) is 15.5. The highest BCUT2D eigenvalue weighted by atomic mass is 79.9. The fourth-order valence-electron chi connectivity index (χ4n) is 4.53. The van der Waals surface area contributed by atoms with Crippen molar-refractivity contribution in [1.82, 2.24) is 9.88 Å². The number of ether oxygens (including phenoxy) is 1. The number of methoxy groups -OCH3 is 1. The van der Waals surface area contributed by atoms with E-state index in [9.17, 15) is 14.7 Å². The number of amides is 2. The first-order valence-electron chi connectivity index (χ1n) is 10.0. The summed E-state index contributed by atoms with van der Waals surface area (Å²) in [7, 11) is 1.54. The van der Waals surface area contributed by atoms with Crippen molar-refractivity contribution in [2.45, 2.75) is 13.0 Å². The van der Waals surface area contributed by atoms with Crippen LogP contribution in [0, 0.1) is 0 Å². The molecule has 5 rings (SSSR count). The van der Waals surface area contributed by atoms with Gasteiger partial charge in [0.2, 0.25) is 0 Å². The van der Waals surface area contributed by atoms with Gasteiger partial charge in [-0.05, 0) is 42.8 Å². The van der Waals surface area contributed by atoms with Crippen LogP contribution in [-0.4, -0.2) is 33.9 Å². The van der Waals surface area contributed by atoms with E-state index in [-0.39, 0.29) is 16.9 Å². The highest BCUT2D eigenvalue weighted by Gasteiger charge is 2.35. The van der Waals surface area contributed by atoms with Crippen molar-refractivity contribution < 1.29 is 19.4 Å². The molecule has 0 saturated heterocycles. The van der Waals surface area contributed by atoms with Crippen LogP contribution in [-0.2, 0) is 6.54 Å². The predicted molar refractivity (Wildman–Crippen MR) is 128 cm³/mol. The number of hydrogen-bond acceptors (Lipinski definition) is 4. The van der Waals surface area contributed by atoms with Gasteiger partial charge in [0.25, 0.3) is 11.8 Å². The number of nitrogens with one attached hydrogen (secondary N) is 1. The molecule has 8 heteroatoms. The van der Waals surface area contributed by atoms with Crippen molar-refractivity contribution in [3.05, 3.63) is 58.6 Å². The molecule has 3 aromatic carbocycles. The highest BCUT2D eigenvalue weighted by Crippen LogP contribution is 2.45. The Morgan fingerprint density at radius 1 is 1.06 bits per heavy atom. The number of fused-ring (bicyclic) bond motifs is 5. The first kappa shape index (κ1) is 20.8. The molecule has 1 aliphatic heterocycles. The van der Waals surface area contributed by atoms with E-state index >= 15 is 0 Å². The molecule has 6 nitrogen and oxygen atoms in total. The molecule has 0 atom stereocenters. The average Bonchev–Trinajstić information content (AvgIpc) is 3.24. The number of carbonyl (C=O) groups excluding carboxylic acids is 2. The van der Waals surface area contributed by atoms with Crippen LogP contribution in [0.4, 0.5) is 0 Å². The summed E-state index contributed by atoms with van der Waals surface area (Å²) < 4.78 is 7.64. The van der Waals surface area contributed by atoms with Crippen LogP contribution in [0.5, 0.6) is 11.5 Å². The molecule has 0 saturated carbocycles. The zero-order valence-corrected chi connectivity index (χ0v) is 19.4. The number of hydrogen-bond donors (Lipinski definition) is 2. The van der Waals surface area contributed by atoms with Crippen molar-refractivity contribution in [3.8, 4) is 22.6 Å². The van der Waals surface area contributed by atoms with Crippen LogP contribution >= 0.6 is 27.5 Å². The Morgan fingerprint density at radius 3 is 2.59 bits per heavy atom. The van der Waals surface area contributed by atoms with E-state index in [1.54, 1.807) is 30.3 Å². The summed E-state index contributed by atoms with van der Waals surface area (Å²) >= 11 is 10.0. The molecule has 2 heterocycles. The van der Waals surface area contributed by atoms with Crippen LogP contribution < -0.4 is 10.1 Å². The molecular weight excluding hydrogens is 496 g/mol. The van der Waals surface area contributed by atoms with Gasteiger partial charge < -0.3 is 14.4 Å². The lowest BCUT2D eigenvalue weighted by Gasteiger charge is -2.15. The number of rotatable bonds is 5. The maximum atomic E-state index is 13.0. The van der Waals surface area contributed by atoms with Gasteiger partial charge in [0.1, 0.15) is 11.5 Å². The minimum atomic E-state index is -0.481. The monoisotopic (exact) mass is 512 g/mol. The number of aromatic nitrogens is 1. The van der Waals surface area contributed by atoms with Gasteiger partial charge in [-0.2, -0.15) is 0 Å². The minimum Gasteiger partial charge on any atom is -0.508 e. The lowest BCUT2D eigenvalue weighted by atomic mass is 9.92. The van der Waals surface area contributed by atoms with Crippen molar-refractivity contribution in [3.63, 3.8) is 0 Å². The molecule has 2 amide bonds. The SMILES string of the molecule is COc1cccc(Cl)c1-c1cc2c(c3c1C(=O)NC3=O)c1cc(O)ccc1n2CCCBr. The molecule has 0 aliphatic carbocycles. The standard InChI is InChI=1S/C24H18BrClN2O4/c1-32-18-5-2-4-15(26)19(18)14-11-17-20(22-21(14)23(30)27-24(22)31)13-10-12(29)6-7-16(13)28(17)9-3-8-25/h2,4-7,10-11,29H,3,8-9H2,1H3,(H,27,30,31). The lowest BCUT2D eigenvalue weighted by molar-refractivity contribution is 0.0880. The van der Waals surface area contributed by atoms with Crippen LogP contribution in [0.3, 0.4) is 0 Å². The van der Waals surface area contributed by atoms with E-state index in [2.05, 4.69) is 25.8 Å². The number of imide groups is 1. The van der Waals surface area contributed by atoms with Crippen LogP contribution in [0.1, 0.15) is 27.1 Å². The molecule has 32 heavy (non-hydrogen) atoms. The molecule has 0 unspecified atom stereocenters. The summed E-state index contributed by atoms with van der Waals surface area (Å²) in [4.78, 5) is 25.9. The number of aromatic hydroxyl groups is 1. The summed E-state index contributed by atoms with van der Waals surface area (Å²) in [5.74, 6) is -0.351. The topological polar surface area (TPSA) is 80.6 Å². The third-order valence-electron chi connectivity index (χ3n) is 5.80. The third kappa shape index (κ3) is 2.99. The van der Waals surface area contributed by atoms with Gasteiger partial charge in [0.15, 0.2) is 0 Å². The predicted octanol–water partition coefficient (Wildman–Crippen LogP) is 5.50. The van der Waals surface area contributed by atoms with Crippen LogP contribution in [0.25, 0.3) is 32.9 Å². The van der Waals surface area contributed by atoms with Crippen molar-refractivity contribution in [2.24, 2.45) is 0 Å². The van der Waals surface area contributed by atoms with Gasteiger partial charge in [0, 0.05) is 39.3 Å². The summed E-state index contributed by atoms with van der Waals surface area (Å²) in [5, 5.41) is 15.2. The van der Waals surface area contributed by atoms with E-state index in [0.717, 1.165) is 22.8 Å². The zero-order chi connectivity index (χ0) is 22.6. The number of alkyl halides is 1. The maximum absolute atomic E-state index is 13.0. The smallest absolute Gasteiger partial charge is 0.259 e. The molecule has 0 fully saturated rings. The molecular formula is C24H18BrClN2O4. The lowest BCUT2D eigenvalue weighted by Crippen LogP contribution is -2.20. The fraction of sp³-hybridized carbons (Fsp3) is 0.167. The van der Waals surface area contributed by atoms with E-state index < -0.39 is 11.8 Å². The summed E-state index contributed by atoms with van der Waals surface area (Å²) in [6.07, 6.45) is 0.854. The molecule has 1 aromatic heterocycles. The zero-order valence-electron chi connectivity index (χ0n) is 17.0. The third-order valence-corrected chi connectivity index (χ3v) is 6.67. The number of nitrogens with zero attached hydrogens (tertiary/aromatic N) is 1. The van der Waals surface area contributed by atoms with Crippen molar-refractivity contribution in [1.29, 1.82) is 0 Å². The Hall–Kier alpha value is -3.03. The number of carbonyl (C=O) groups is 2. The number of benzene rings is 3. The van der Waals surface area contributed by atoms with E-state index in [1.165, 1.54) is 7.11 Å². The summed E-state index contributed by atoms with van der Waals surface area (Å²) in [6.45, 7) is 0.684. The van der Waals surface area contributed by atoms with E-state index in [1.807, 2.05) is 12.1 Å². The van der Waals surface area contributed by atoms with Gasteiger partial charge in [-0.25, -0.2) is 0 Å². The summed E-state index contributed by atoms with van der Waals surface area (Å²) in [6, 6.07) is 12.2. The highest BCUT2D eigenvalue weighted by molar-refractivity contribution is 9.09. The van der Waals surface area contributed by atoms with Crippen molar-refractivity contribution >= 4 is 61.2 Å². The van der Waals surface area contributed by atoms with E-state index in [4.69, 9.17) is 16.3 Å². The second kappa shape index (κ2) is 7.83. The quantitative estimate of drug-likeness (QED) is 0.273. The number of aryl methyl sites for hydroxylation is 1. The summed E-state index contributed by atoms with van der Waals surface area (Å²) in [5.41, 5.74) is 3.29.